The first-order chi connectivity index (χ1) is 13.2. The predicted octanol–water partition coefficient (Wildman–Crippen LogP) is 1.35. The van der Waals surface area contributed by atoms with Crippen molar-refractivity contribution in [3.63, 3.8) is 0 Å². The summed E-state index contributed by atoms with van der Waals surface area (Å²) in [5, 5.41) is 13.9. The second kappa shape index (κ2) is 8.70. The second-order valence-electron chi connectivity index (χ2n) is 5.89. The van der Waals surface area contributed by atoms with Crippen LogP contribution in [0, 0.1) is 0 Å². The van der Waals surface area contributed by atoms with E-state index in [-0.39, 0.29) is 11.9 Å². The van der Waals surface area contributed by atoms with Gasteiger partial charge in [0.05, 0.1) is 24.8 Å². The summed E-state index contributed by atoms with van der Waals surface area (Å²) >= 11 is 0. The highest BCUT2D eigenvalue weighted by Gasteiger charge is 2.06. The van der Waals surface area contributed by atoms with E-state index in [2.05, 4.69) is 25.6 Å². The Morgan fingerprint density at radius 2 is 1.74 bits per heavy atom. The summed E-state index contributed by atoms with van der Waals surface area (Å²) in [6, 6.07) is 14.6. The van der Waals surface area contributed by atoms with Crippen molar-refractivity contribution in [3.8, 4) is 5.69 Å². The van der Waals surface area contributed by atoms with Crippen LogP contribution in [-0.2, 0) is 22.4 Å². The smallest absolute Gasteiger partial charge is 0.337 e. The number of carbonyl (C=O) groups excluding carboxylic acids is 2. The Morgan fingerprint density at radius 3 is 2.37 bits per heavy atom. The zero-order valence-corrected chi connectivity index (χ0v) is 14.8. The zero-order chi connectivity index (χ0) is 19.1. The molecule has 3 rings (SSSR count). The summed E-state index contributed by atoms with van der Waals surface area (Å²) in [7, 11) is 1.35. The molecule has 0 saturated heterocycles. The lowest BCUT2D eigenvalue weighted by atomic mass is 10.1. The monoisotopic (exact) mass is 365 g/mol. The number of nitrogens with one attached hydrogen (secondary N) is 1. The van der Waals surface area contributed by atoms with Gasteiger partial charge in [0.25, 0.3) is 0 Å². The van der Waals surface area contributed by atoms with E-state index >= 15 is 0 Å². The third-order valence-electron chi connectivity index (χ3n) is 4.03. The van der Waals surface area contributed by atoms with Crippen molar-refractivity contribution in [3.05, 3.63) is 71.5 Å². The molecule has 0 fully saturated rings. The molecule has 0 atom stereocenters. The fraction of sp³-hybridized carbons (Fsp3) is 0.211. The molecule has 1 N–H and O–H groups in total. The summed E-state index contributed by atoms with van der Waals surface area (Å²) in [6.45, 7) is 0.527. The van der Waals surface area contributed by atoms with Crippen LogP contribution in [0.25, 0.3) is 5.69 Å². The topological polar surface area (TPSA) is 99.0 Å². The van der Waals surface area contributed by atoms with Gasteiger partial charge in [-0.15, -0.1) is 5.10 Å². The van der Waals surface area contributed by atoms with Gasteiger partial charge in [-0.3, -0.25) is 4.79 Å². The molecule has 1 amide bonds. The minimum Gasteiger partial charge on any atom is -0.465 e. The molecular weight excluding hydrogens is 346 g/mol. The van der Waals surface area contributed by atoms with Crippen LogP contribution >= 0.6 is 0 Å². The molecule has 8 nitrogen and oxygen atoms in total. The molecule has 3 aromatic rings. The maximum Gasteiger partial charge on any atom is 0.337 e. The van der Waals surface area contributed by atoms with Crippen molar-refractivity contribution in [2.24, 2.45) is 0 Å². The fourth-order valence-corrected chi connectivity index (χ4v) is 2.57. The minimum absolute atomic E-state index is 0.0450. The number of esters is 1. The molecule has 0 aliphatic rings. The minimum atomic E-state index is -0.360. The van der Waals surface area contributed by atoms with Gasteiger partial charge >= 0.3 is 5.97 Å². The maximum absolute atomic E-state index is 12.1. The van der Waals surface area contributed by atoms with Gasteiger partial charge in [-0.1, -0.05) is 24.3 Å². The first-order valence-electron chi connectivity index (χ1n) is 8.42. The Balaban J connectivity index is 1.45. The number of amides is 1. The van der Waals surface area contributed by atoms with Crippen molar-refractivity contribution in [2.45, 2.75) is 12.8 Å². The SMILES string of the molecule is COC(=O)c1ccc(CCNC(=O)Cc2ccc(-n3cnnn3)cc2)cc1. The summed E-state index contributed by atoms with van der Waals surface area (Å²) in [4.78, 5) is 23.5. The number of nitrogens with zero attached hydrogens (tertiary/aromatic N) is 4. The van der Waals surface area contributed by atoms with Gasteiger partial charge < -0.3 is 10.1 Å². The molecule has 0 spiro atoms. The number of benzene rings is 2. The van der Waals surface area contributed by atoms with E-state index in [1.165, 1.54) is 13.4 Å². The second-order valence-corrected chi connectivity index (χ2v) is 5.89. The van der Waals surface area contributed by atoms with E-state index in [4.69, 9.17) is 0 Å². The molecule has 1 aromatic heterocycles. The van der Waals surface area contributed by atoms with Crippen molar-refractivity contribution in [2.75, 3.05) is 13.7 Å². The Kier molecular flexibility index (Phi) is 5.88. The van der Waals surface area contributed by atoms with Crippen LogP contribution in [0.15, 0.2) is 54.9 Å². The number of hydrogen-bond acceptors (Lipinski definition) is 6. The molecule has 0 radical (unpaired) electrons. The van der Waals surface area contributed by atoms with Gasteiger partial charge in [-0.2, -0.15) is 0 Å². The Bertz CT molecular complexity index is 890. The molecule has 2 aromatic carbocycles. The first kappa shape index (κ1) is 18.2. The van der Waals surface area contributed by atoms with Crippen LogP contribution < -0.4 is 5.32 Å². The van der Waals surface area contributed by atoms with Gasteiger partial charge in [0, 0.05) is 6.54 Å². The Labute approximate surface area is 156 Å². The van der Waals surface area contributed by atoms with Gasteiger partial charge in [0.2, 0.25) is 5.91 Å². The highest BCUT2D eigenvalue weighted by molar-refractivity contribution is 5.89. The molecule has 0 aliphatic carbocycles. The number of methoxy groups -OCH3 is 1. The summed E-state index contributed by atoms with van der Waals surface area (Å²) in [6.07, 6.45) is 2.50. The lowest BCUT2D eigenvalue weighted by molar-refractivity contribution is -0.120. The van der Waals surface area contributed by atoms with Crippen LogP contribution in [-0.4, -0.2) is 45.7 Å². The summed E-state index contributed by atoms with van der Waals surface area (Å²) in [5.74, 6) is -0.405. The predicted molar refractivity (Wildman–Crippen MR) is 97.4 cm³/mol. The molecular formula is C19H19N5O3. The van der Waals surface area contributed by atoms with E-state index in [9.17, 15) is 9.59 Å². The van der Waals surface area contributed by atoms with Crippen LogP contribution in [0.4, 0.5) is 0 Å². The van der Waals surface area contributed by atoms with E-state index in [0.717, 1.165) is 16.8 Å². The highest BCUT2D eigenvalue weighted by Crippen LogP contribution is 2.09. The molecule has 27 heavy (non-hydrogen) atoms. The third kappa shape index (κ3) is 4.97. The van der Waals surface area contributed by atoms with E-state index in [1.807, 2.05) is 36.4 Å². The van der Waals surface area contributed by atoms with Crippen molar-refractivity contribution < 1.29 is 14.3 Å². The average molecular weight is 365 g/mol. The van der Waals surface area contributed by atoms with Gasteiger partial charge in [-0.25, -0.2) is 9.48 Å². The van der Waals surface area contributed by atoms with E-state index in [0.29, 0.717) is 24.9 Å². The van der Waals surface area contributed by atoms with Crippen LogP contribution in [0.1, 0.15) is 21.5 Å². The number of rotatable bonds is 7. The van der Waals surface area contributed by atoms with Gasteiger partial charge in [0.1, 0.15) is 6.33 Å². The standard InChI is InChI=1S/C19H19N5O3/c1-27-19(26)16-6-2-14(3-7-16)10-11-20-18(25)12-15-4-8-17(9-5-15)24-13-21-22-23-24/h2-9,13H,10-12H2,1H3,(H,20,25). The van der Waals surface area contributed by atoms with Crippen LogP contribution in [0.5, 0.6) is 0 Å². The molecule has 1 heterocycles. The van der Waals surface area contributed by atoms with Crippen molar-refractivity contribution in [1.82, 2.24) is 25.5 Å². The first-order valence-corrected chi connectivity index (χ1v) is 8.42. The van der Waals surface area contributed by atoms with Crippen molar-refractivity contribution in [1.29, 1.82) is 0 Å². The molecule has 0 unspecified atom stereocenters. The normalized spacial score (nSPS) is 10.4. The molecule has 138 valence electrons. The molecule has 8 heteroatoms. The Morgan fingerprint density at radius 1 is 1.04 bits per heavy atom. The lowest BCUT2D eigenvalue weighted by Gasteiger charge is -2.07. The van der Waals surface area contributed by atoms with Crippen LogP contribution in [0.3, 0.4) is 0 Å². The zero-order valence-electron chi connectivity index (χ0n) is 14.8. The summed E-state index contributed by atoms with van der Waals surface area (Å²) in [5.41, 5.74) is 3.29. The lowest BCUT2D eigenvalue weighted by Crippen LogP contribution is -2.27. The Hall–Kier alpha value is -3.55. The molecule has 0 saturated carbocycles. The fourth-order valence-electron chi connectivity index (χ4n) is 2.57. The summed E-state index contributed by atoms with van der Waals surface area (Å²) < 4.78 is 6.22. The molecule has 0 bridgehead atoms. The van der Waals surface area contributed by atoms with E-state index < -0.39 is 0 Å². The number of tetrazole rings is 1. The molecule has 0 aliphatic heterocycles. The number of hydrogen-bond donors (Lipinski definition) is 1. The van der Waals surface area contributed by atoms with Gasteiger partial charge in [-0.05, 0) is 52.2 Å². The highest BCUT2D eigenvalue weighted by atomic mass is 16.5. The average Bonchev–Trinajstić information content (AvgIpc) is 3.23. The van der Waals surface area contributed by atoms with Crippen molar-refractivity contribution >= 4 is 11.9 Å². The number of carbonyl (C=O) groups is 2. The largest absolute Gasteiger partial charge is 0.465 e. The van der Waals surface area contributed by atoms with E-state index in [1.54, 1.807) is 16.8 Å². The van der Waals surface area contributed by atoms with Gasteiger partial charge in [0.15, 0.2) is 0 Å². The maximum atomic E-state index is 12.1. The quantitative estimate of drug-likeness (QED) is 0.635. The number of aromatic nitrogens is 4. The third-order valence-corrected chi connectivity index (χ3v) is 4.03. The van der Waals surface area contributed by atoms with Crippen LogP contribution in [0.2, 0.25) is 0 Å². The number of ether oxygens (including phenoxy) is 1.